The molecule has 0 spiro atoms. The van der Waals surface area contributed by atoms with Crippen LogP contribution in [0.15, 0.2) is 18.5 Å². The average Bonchev–Trinajstić information content (AvgIpc) is 2.05. The summed E-state index contributed by atoms with van der Waals surface area (Å²) in [7, 11) is 0. The number of halogens is 2. The van der Waals surface area contributed by atoms with Gasteiger partial charge in [-0.15, -0.1) is 0 Å². The Bertz CT molecular complexity index is 229. The summed E-state index contributed by atoms with van der Waals surface area (Å²) in [6, 6.07) is 1.68. The molecule has 1 aromatic heterocycles. The lowest BCUT2D eigenvalue weighted by atomic mass is 10.6. The van der Waals surface area contributed by atoms with Crippen LogP contribution < -0.4 is 29.0 Å². The van der Waals surface area contributed by atoms with E-state index in [2.05, 4.69) is 13.0 Å². The number of aromatic nitrogens is 2. The number of nitrogens with one attached hydrogen (secondary N) is 1. The Kier molecular flexibility index (Phi) is 5.64. The minimum absolute atomic E-state index is 0. The average molecular weight is 378 g/mol. The molecular formula is C5H4I2N2O2. The van der Waals surface area contributed by atoms with Gasteiger partial charge in [-0.3, -0.25) is 0 Å². The highest BCUT2D eigenvalue weighted by atomic mass is 127. The van der Waals surface area contributed by atoms with E-state index in [-0.39, 0.29) is 29.8 Å². The molecule has 0 aliphatic heterocycles. The summed E-state index contributed by atoms with van der Waals surface area (Å²) in [4.78, 5) is 17.0. The fourth-order valence-electron chi connectivity index (χ4n) is 0.473. The highest BCUT2D eigenvalue weighted by molar-refractivity contribution is 14.1. The van der Waals surface area contributed by atoms with Crippen molar-refractivity contribution < 1.29 is 36.8 Å². The van der Waals surface area contributed by atoms with E-state index in [0.717, 1.165) is 0 Å². The number of hydrogen-bond acceptors (Lipinski definition) is 3. The van der Waals surface area contributed by atoms with E-state index in [0.29, 0.717) is 0 Å². The van der Waals surface area contributed by atoms with Crippen LogP contribution in [0.4, 0.5) is 0 Å². The van der Waals surface area contributed by atoms with Crippen LogP contribution >= 0.6 is 23.0 Å². The Balaban J connectivity index is 0.000001000. The third-order valence-electron chi connectivity index (χ3n) is 0.869. The van der Waals surface area contributed by atoms with Crippen molar-refractivity contribution in [2.45, 2.75) is 0 Å². The normalized spacial score (nSPS) is 8.09. The number of nitrogens with zero attached hydrogens (tertiary/aromatic N) is 1. The van der Waals surface area contributed by atoms with E-state index in [1.165, 1.54) is 29.2 Å². The molecule has 0 aliphatic carbocycles. The fraction of sp³-hybridized carbons (Fsp3) is 0. The zero-order valence-electron chi connectivity index (χ0n) is 5.25. The van der Waals surface area contributed by atoms with E-state index in [9.17, 15) is 4.79 Å². The van der Waals surface area contributed by atoms with Gasteiger partial charge in [0.05, 0.1) is 6.20 Å². The predicted octanol–water partition coefficient (Wildman–Crippen LogP) is -2.59. The predicted molar refractivity (Wildman–Crippen MR) is 40.2 cm³/mol. The van der Waals surface area contributed by atoms with Crippen molar-refractivity contribution in [3.63, 3.8) is 0 Å². The molecule has 0 aliphatic rings. The van der Waals surface area contributed by atoms with Crippen LogP contribution in [0.3, 0.4) is 0 Å². The van der Waals surface area contributed by atoms with E-state index in [1.54, 1.807) is 12.3 Å². The summed E-state index contributed by atoms with van der Waals surface area (Å²) in [5.74, 6) is -0.266. The van der Waals surface area contributed by atoms with Crippen molar-refractivity contribution in [1.29, 1.82) is 0 Å². The molecule has 0 amide bonds. The lowest BCUT2D eigenvalue weighted by molar-refractivity contribution is -0.388. The minimum atomic E-state index is -0.471. The van der Waals surface area contributed by atoms with Crippen molar-refractivity contribution in [1.82, 2.24) is 4.98 Å². The third-order valence-corrected chi connectivity index (χ3v) is 1.27. The van der Waals surface area contributed by atoms with Crippen LogP contribution in [0.5, 0.6) is 0 Å². The van der Waals surface area contributed by atoms with Gasteiger partial charge in [-0.05, 0) is 4.98 Å². The molecule has 1 N–H and O–H groups in total. The Morgan fingerprint density at radius 1 is 1.73 bits per heavy atom. The molecule has 1 aromatic rings. The molecule has 0 aromatic carbocycles. The monoisotopic (exact) mass is 378 g/mol. The molecule has 0 unspecified atom stereocenters. The minimum Gasteiger partial charge on any atom is -1.00 e. The van der Waals surface area contributed by atoms with Crippen molar-refractivity contribution in [2.24, 2.45) is 0 Å². The molecule has 4 nitrogen and oxygen atoms in total. The topological polar surface area (TPSA) is 53.3 Å². The van der Waals surface area contributed by atoms with Gasteiger partial charge < -0.3 is 27.0 Å². The summed E-state index contributed by atoms with van der Waals surface area (Å²) in [5, 5.41) is 0. The Hall–Kier alpha value is 0.0100. The fourth-order valence-corrected chi connectivity index (χ4v) is 0.682. The van der Waals surface area contributed by atoms with Gasteiger partial charge in [0.1, 0.15) is 6.20 Å². The standard InChI is InChI=1S/C5H3IN2O2.HI/c6-10-5(9)4-7-2-1-3-8-4;/h1-3H;1H. The third kappa shape index (κ3) is 3.27. The summed E-state index contributed by atoms with van der Waals surface area (Å²) in [6.45, 7) is 0. The SMILES string of the molecule is O=C(OI)c1nccc[nH+]1.[I-]. The van der Waals surface area contributed by atoms with Gasteiger partial charge in [0.15, 0.2) is 23.0 Å². The van der Waals surface area contributed by atoms with Gasteiger partial charge in [0.2, 0.25) is 0 Å². The van der Waals surface area contributed by atoms with Gasteiger partial charge in [-0.2, -0.15) is 0 Å². The lowest BCUT2D eigenvalue weighted by Crippen LogP contribution is -3.00. The van der Waals surface area contributed by atoms with Crippen LogP contribution in [0, 0.1) is 0 Å². The second-order valence-electron chi connectivity index (χ2n) is 1.49. The smallest absolute Gasteiger partial charge is 0.435 e. The number of rotatable bonds is 1. The van der Waals surface area contributed by atoms with Gasteiger partial charge in [0.25, 0.3) is 0 Å². The maximum atomic E-state index is 10.7. The second kappa shape index (κ2) is 5.63. The van der Waals surface area contributed by atoms with Gasteiger partial charge in [0, 0.05) is 6.07 Å². The van der Waals surface area contributed by atoms with E-state index in [1.807, 2.05) is 0 Å². The van der Waals surface area contributed by atoms with Crippen LogP contribution in [-0.4, -0.2) is 11.0 Å². The summed E-state index contributed by atoms with van der Waals surface area (Å²) in [6.07, 6.45) is 3.12. The maximum absolute atomic E-state index is 10.7. The largest absolute Gasteiger partial charge is 1.00 e. The highest BCUT2D eigenvalue weighted by Gasteiger charge is 2.15. The molecular weight excluding hydrogens is 374 g/mol. The van der Waals surface area contributed by atoms with E-state index >= 15 is 0 Å². The molecule has 0 fully saturated rings. The zero-order chi connectivity index (χ0) is 7.40. The van der Waals surface area contributed by atoms with Crippen molar-refractivity contribution in [2.75, 3.05) is 0 Å². The number of hydrogen-bond donors (Lipinski definition) is 0. The van der Waals surface area contributed by atoms with Gasteiger partial charge in [-0.25, -0.2) is 9.78 Å². The Morgan fingerprint density at radius 3 is 2.91 bits per heavy atom. The first-order chi connectivity index (χ1) is 4.84. The maximum Gasteiger partial charge on any atom is 0.435 e. The van der Waals surface area contributed by atoms with Gasteiger partial charge >= 0.3 is 11.8 Å². The molecule has 11 heavy (non-hydrogen) atoms. The van der Waals surface area contributed by atoms with E-state index in [4.69, 9.17) is 0 Å². The van der Waals surface area contributed by atoms with Crippen LogP contribution in [0.1, 0.15) is 10.6 Å². The van der Waals surface area contributed by atoms with E-state index < -0.39 is 5.97 Å². The Labute approximate surface area is 94.5 Å². The van der Waals surface area contributed by atoms with Crippen molar-refractivity contribution in [3.8, 4) is 0 Å². The summed E-state index contributed by atoms with van der Waals surface area (Å²) >= 11 is 1.51. The Morgan fingerprint density at radius 2 is 2.45 bits per heavy atom. The molecule has 0 atom stereocenters. The second-order valence-corrected chi connectivity index (χ2v) is 1.94. The zero-order valence-corrected chi connectivity index (χ0v) is 9.57. The molecule has 1 heterocycles. The van der Waals surface area contributed by atoms with Crippen LogP contribution in [0.25, 0.3) is 0 Å². The quantitative estimate of drug-likeness (QED) is 0.505. The first kappa shape index (κ1) is 11.0. The molecule has 0 bridgehead atoms. The summed E-state index contributed by atoms with van der Waals surface area (Å²) in [5.41, 5.74) is 0. The molecule has 0 saturated carbocycles. The molecule has 6 heteroatoms. The first-order valence-corrected chi connectivity index (χ1v) is 3.38. The molecule has 60 valence electrons. The number of carbonyl (C=O) groups is 1. The van der Waals surface area contributed by atoms with Crippen molar-refractivity contribution in [3.05, 3.63) is 24.3 Å². The number of H-pyrrole nitrogens is 1. The molecule has 0 saturated heterocycles. The number of carbonyl (C=O) groups excluding carboxylic acids is 1. The summed E-state index contributed by atoms with van der Waals surface area (Å²) < 4.78 is 4.37. The highest BCUT2D eigenvalue weighted by Crippen LogP contribution is 1.92. The lowest BCUT2D eigenvalue weighted by Gasteiger charge is -1.84. The van der Waals surface area contributed by atoms with Crippen molar-refractivity contribution >= 4 is 29.0 Å². The number of aromatic amines is 1. The van der Waals surface area contributed by atoms with Gasteiger partial charge in [-0.1, -0.05) is 0 Å². The first-order valence-electron chi connectivity index (χ1n) is 2.50. The molecule has 0 radical (unpaired) electrons. The van der Waals surface area contributed by atoms with Crippen LogP contribution in [0.2, 0.25) is 0 Å². The van der Waals surface area contributed by atoms with Crippen LogP contribution in [-0.2, 0) is 3.07 Å². The molecule has 1 rings (SSSR count).